The Bertz CT molecular complexity index is 587. The van der Waals surface area contributed by atoms with E-state index < -0.39 is 16.0 Å². The van der Waals surface area contributed by atoms with E-state index in [9.17, 15) is 13.2 Å². The highest BCUT2D eigenvalue weighted by atomic mass is 32.2. The Labute approximate surface area is 122 Å². The summed E-state index contributed by atoms with van der Waals surface area (Å²) in [6.45, 7) is 2.75. The highest BCUT2D eigenvalue weighted by Crippen LogP contribution is 2.28. The first-order valence-corrected chi connectivity index (χ1v) is 8.58. The summed E-state index contributed by atoms with van der Waals surface area (Å²) >= 11 is 1.08. The fourth-order valence-corrected chi connectivity index (χ4v) is 5.11. The number of carbonyl (C=O) groups is 1. The van der Waals surface area contributed by atoms with Crippen LogP contribution in [-0.4, -0.2) is 40.8 Å². The minimum atomic E-state index is -3.73. The van der Waals surface area contributed by atoms with Crippen LogP contribution in [-0.2, 0) is 19.5 Å². The molecule has 1 saturated heterocycles. The molecule has 0 amide bonds. The van der Waals surface area contributed by atoms with Crippen molar-refractivity contribution in [1.82, 2.24) is 4.72 Å². The molecule has 8 heteroatoms. The number of rotatable bonds is 4. The van der Waals surface area contributed by atoms with Crippen molar-refractivity contribution in [3.8, 4) is 0 Å². The van der Waals surface area contributed by atoms with Crippen molar-refractivity contribution in [2.45, 2.75) is 30.7 Å². The molecule has 2 rings (SSSR count). The molecule has 0 saturated carbocycles. The average molecular weight is 319 g/mol. The van der Waals surface area contributed by atoms with E-state index in [-0.39, 0.29) is 15.8 Å². The van der Waals surface area contributed by atoms with Crippen molar-refractivity contribution in [2.24, 2.45) is 0 Å². The molecule has 112 valence electrons. The molecule has 0 spiro atoms. The van der Waals surface area contributed by atoms with E-state index in [1.165, 1.54) is 7.11 Å². The summed E-state index contributed by atoms with van der Waals surface area (Å²) in [6.07, 6.45) is 1.27. The van der Waals surface area contributed by atoms with Crippen molar-refractivity contribution >= 4 is 27.3 Å². The first-order valence-electron chi connectivity index (χ1n) is 6.22. The van der Waals surface area contributed by atoms with Crippen LogP contribution in [0.4, 0.5) is 0 Å². The van der Waals surface area contributed by atoms with E-state index in [0.717, 1.165) is 11.3 Å². The summed E-state index contributed by atoms with van der Waals surface area (Å²) in [5, 5.41) is 1.64. The van der Waals surface area contributed by atoms with Gasteiger partial charge in [0, 0.05) is 19.3 Å². The van der Waals surface area contributed by atoms with Crippen LogP contribution in [0.2, 0.25) is 0 Å². The molecule has 0 bridgehead atoms. The number of methoxy groups -OCH3 is 1. The number of hydrogen-bond acceptors (Lipinski definition) is 6. The fraction of sp³-hybridized carbons (Fsp3) is 0.583. The lowest BCUT2D eigenvalue weighted by molar-refractivity contribution is 0.0602. The van der Waals surface area contributed by atoms with Crippen LogP contribution in [0.15, 0.2) is 10.3 Å². The van der Waals surface area contributed by atoms with Crippen molar-refractivity contribution in [2.75, 3.05) is 20.3 Å². The van der Waals surface area contributed by atoms with Gasteiger partial charge in [-0.2, -0.15) is 0 Å². The fourth-order valence-electron chi connectivity index (χ4n) is 2.09. The third-order valence-electron chi connectivity index (χ3n) is 3.10. The molecular weight excluding hydrogens is 302 g/mol. The molecule has 0 unspecified atom stereocenters. The molecule has 1 N–H and O–H groups in total. The second-order valence-corrected chi connectivity index (χ2v) is 7.11. The van der Waals surface area contributed by atoms with Gasteiger partial charge in [-0.25, -0.2) is 17.9 Å². The molecule has 2 heterocycles. The van der Waals surface area contributed by atoms with Gasteiger partial charge in [0.05, 0.1) is 7.11 Å². The lowest BCUT2D eigenvalue weighted by Gasteiger charge is -2.23. The second kappa shape index (κ2) is 6.21. The number of ether oxygens (including phenoxy) is 2. The number of nitrogens with one attached hydrogen (secondary N) is 1. The summed E-state index contributed by atoms with van der Waals surface area (Å²) < 4.78 is 37.4. The molecule has 1 aliphatic rings. The number of thiophene rings is 1. The monoisotopic (exact) mass is 319 g/mol. The third-order valence-corrected chi connectivity index (χ3v) is 6.01. The predicted molar refractivity (Wildman–Crippen MR) is 74.6 cm³/mol. The number of carbonyl (C=O) groups excluding carboxylic acids is 1. The van der Waals surface area contributed by atoms with E-state index in [0.29, 0.717) is 31.6 Å². The summed E-state index contributed by atoms with van der Waals surface area (Å²) in [5.74, 6) is -0.629. The van der Waals surface area contributed by atoms with Crippen LogP contribution in [0.25, 0.3) is 0 Å². The van der Waals surface area contributed by atoms with Gasteiger partial charge < -0.3 is 9.47 Å². The van der Waals surface area contributed by atoms with Gasteiger partial charge in [0.2, 0.25) is 10.0 Å². The standard InChI is InChI=1S/C12H17NO5S2/c1-8-7-19-10(12(14)17-2)11(8)20(15,16)13-9-3-5-18-6-4-9/h7,9,13H,3-6H2,1-2H3. The van der Waals surface area contributed by atoms with E-state index in [1.807, 2.05) is 0 Å². The van der Waals surface area contributed by atoms with Crippen LogP contribution in [0.3, 0.4) is 0 Å². The molecule has 0 aliphatic carbocycles. The Hall–Kier alpha value is -0.960. The number of aryl methyl sites for hydroxylation is 1. The minimum Gasteiger partial charge on any atom is -0.465 e. The smallest absolute Gasteiger partial charge is 0.349 e. The Morgan fingerprint density at radius 1 is 1.45 bits per heavy atom. The van der Waals surface area contributed by atoms with Crippen molar-refractivity contribution in [3.63, 3.8) is 0 Å². The largest absolute Gasteiger partial charge is 0.465 e. The maximum Gasteiger partial charge on any atom is 0.349 e. The van der Waals surface area contributed by atoms with Crippen molar-refractivity contribution in [1.29, 1.82) is 0 Å². The van der Waals surface area contributed by atoms with Crippen LogP contribution < -0.4 is 4.72 Å². The van der Waals surface area contributed by atoms with Gasteiger partial charge in [-0.15, -0.1) is 11.3 Å². The quantitative estimate of drug-likeness (QED) is 0.846. The zero-order valence-corrected chi connectivity index (χ0v) is 13.0. The maximum absolute atomic E-state index is 12.5. The van der Waals surface area contributed by atoms with Gasteiger partial charge in [-0.05, 0) is 30.7 Å². The van der Waals surface area contributed by atoms with Crippen LogP contribution >= 0.6 is 11.3 Å². The molecule has 20 heavy (non-hydrogen) atoms. The number of hydrogen-bond donors (Lipinski definition) is 1. The van der Waals surface area contributed by atoms with Gasteiger partial charge in [0.15, 0.2) is 0 Å². The van der Waals surface area contributed by atoms with E-state index in [4.69, 9.17) is 4.74 Å². The molecule has 1 aromatic heterocycles. The van der Waals surface area contributed by atoms with E-state index in [2.05, 4.69) is 9.46 Å². The molecule has 1 aliphatic heterocycles. The normalized spacial score (nSPS) is 17.1. The van der Waals surface area contributed by atoms with Gasteiger partial charge in [0.1, 0.15) is 9.77 Å². The summed E-state index contributed by atoms with van der Waals surface area (Å²) in [6, 6.07) is -0.154. The lowest BCUT2D eigenvalue weighted by atomic mass is 10.1. The third kappa shape index (κ3) is 3.20. The molecule has 0 atom stereocenters. The van der Waals surface area contributed by atoms with Crippen molar-refractivity contribution in [3.05, 3.63) is 15.8 Å². The zero-order chi connectivity index (χ0) is 14.8. The van der Waals surface area contributed by atoms with Crippen LogP contribution in [0, 0.1) is 6.92 Å². The van der Waals surface area contributed by atoms with Gasteiger partial charge in [-0.3, -0.25) is 0 Å². The molecule has 0 aromatic carbocycles. The molecule has 0 radical (unpaired) electrons. The Morgan fingerprint density at radius 2 is 2.10 bits per heavy atom. The van der Waals surface area contributed by atoms with Gasteiger partial charge in [0.25, 0.3) is 0 Å². The Kier molecular flexibility index (Phi) is 4.79. The van der Waals surface area contributed by atoms with Gasteiger partial charge in [-0.1, -0.05) is 0 Å². The molecule has 6 nitrogen and oxygen atoms in total. The summed E-state index contributed by atoms with van der Waals surface area (Å²) in [7, 11) is -2.49. The van der Waals surface area contributed by atoms with E-state index in [1.54, 1.807) is 12.3 Å². The van der Waals surface area contributed by atoms with Crippen molar-refractivity contribution < 1.29 is 22.7 Å². The summed E-state index contributed by atoms with van der Waals surface area (Å²) in [5.41, 5.74) is 0.551. The Morgan fingerprint density at radius 3 is 2.70 bits per heavy atom. The number of sulfonamides is 1. The predicted octanol–water partition coefficient (Wildman–Crippen LogP) is 1.30. The Balaban J connectivity index is 2.29. The topological polar surface area (TPSA) is 81.7 Å². The maximum atomic E-state index is 12.5. The molecular formula is C12H17NO5S2. The van der Waals surface area contributed by atoms with E-state index >= 15 is 0 Å². The minimum absolute atomic E-state index is 0.0286. The average Bonchev–Trinajstić information content (AvgIpc) is 2.81. The first kappa shape index (κ1) is 15.4. The highest BCUT2D eigenvalue weighted by Gasteiger charge is 2.30. The second-order valence-electron chi connectivity index (χ2n) is 4.58. The van der Waals surface area contributed by atoms with Crippen LogP contribution in [0.5, 0.6) is 0 Å². The number of esters is 1. The lowest BCUT2D eigenvalue weighted by Crippen LogP contribution is -2.39. The van der Waals surface area contributed by atoms with Crippen LogP contribution in [0.1, 0.15) is 28.1 Å². The van der Waals surface area contributed by atoms with Gasteiger partial charge >= 0.3 is 5.97 Å². The molecule has 1 fully saturated rings. The summed E-state index contributed by atoms with van der Waals surface area (Å²) in [4.78, 5) is 11.8. The highest BCUT2D eigenvalue weighted by molar-refractivity contribution is 7.89. The zero-order valence-electron chi connectivity index (χ0n) is 11.3. The first-order chi connectivity index (χ1) is 9.45. The SMILES string of the molecule is COC(=O)c1scc(C)c1S(=O)(=O)NC1CCOCC1. The molecule has 1 aromatic rings.